The second kappa shape index (κ2) is 6.46. The standard InChI is InChI=1S/C12H24O3/c1-12(2,7-5-8-13)10-15-11-6-3-4-9-14-11/h11,13H,3-10H2,1-2H3. The van der Waals surface area contributed by atoms with E-state index in [1.165, 1.54) is 6.42 Å². The van der Waals surface area contributed by atoms with E-state index in [0.717, 1.165) is 38.9 Å². The summed E-state index contributed by atoms with van der Waals surface area (Å²) in [6, 6.07) is 0. The number of rotatable bonds is 6. The molecule has 0 aromatic carbocycles. The Morgan fingerprint density at radius 1 is 1.40 bits per heavy atom. The summed E-state index contributed by atoms with van der Waals surface area (Å²) >= 11 is 0. The molecule has 0 spiro atoms. The predicted molar refractivity (Wildman–Crippen MR) is 59.6 cm³/mol. The molecule has 0 radical (unpaired) electrons. The molecule has 0 bridgehead atoms. The number of ether oxygens (including phenoxy) is 2. The van der Waals surface area contributed by atoms with Crippen molar-refractivity contribution < 1.29 is 14.6 Å². The van der Waals surface area contributed by atoms with E-state index in [2.05, 4.69) is 13.8 Å². The molecule has 1 N–H and O–H groups in total. The third kappa shape index (κ3) is 5.50. The third-order valence-electron chi connectivity index (χ3n) is 2.81. The van der Waals surface area contributed by atoms with Crippen molar-refractivity contribution in [2.75, 3.05) is 19.8 Å². The van der Waals surface area contributed by atoms with Crippen molar-refractivity contribution in [3.63, 3.8) is 0 Å². The van der Waals surface area contributed by atoms with Gasteiger partial charge in [-0.25, -0.2) is 0 Å². The fourth-order valence-corrected chi connectivity index (χ4v) is 1.79. The topological polar surface area (TPSA) is 38.7 Å². The van der Waals surface area contributed by atoms with Crippen LogP contribution in [0.4, 0.5) is 0 Å². The van der Waals surface area contributed by atoms with Crippen LogP contribution < -0.4 is 0 Å². The Morgan fingerprint density at radius 2 is 2.20 bits per heavy atom. The lowest BCUT2D eigenvalue weighted by atomic mass is 9.89. The summed E-state index contributed by atoms with van der Waals surface area (Å²) in [6.07, 6.45) is 5.25. The molecule has 1 fully saturated rings. The van der Waals surface area contributed by atoms with Crippen LogP contribution >= 0.6 is 0 Å². The predicted octanol–water partition coefficient (Wildman–Crippen LogP) is 2.33. The van der Waals surface area contributed by atoms with E-state index < -0.39 is 0 Å². The van der Waals surface area contributed by atoms with Gasteiger partial charge >= 0.3 is 0 Å². The van der Waals surface area contributed by atoms with Crippen molar-refractivity contribution in [2.24, 2.45) is 5.41 Å². The van der Waals surface area contributed by atoms with Gasteiger partial charge in [-0.15, -0.1) is 0 Å². The molecule has 0 aromatic rings. The van der Waals surface area contributed by atoms with E-state index in [1.54, 1.807) is 0 Å². The molecular formula is C12H24O3. The Balaban J connectivity index is 2.15. The second-order valence-corrected chi connectivity index (χ2v) is 5.10. The van der Waals surface area contributed by atoms with Crippen LogP contribution in [0.1, 0.15) is 46.0 Å². The molecule has 0 aromatic heterocycles. The molecular weight excluding hydrogens is 192 g/mol. The smallest absolute Gasteiger partial charge is 0.157 e. The Kier molecular flexibility index (Phi) is 5.58. The molecule has 0 aliphatic carbocycles. The van der Waals surface area contributed by atoms with Gasteiger partial charge in [0.2, 0.25) is 0 Å². The lowest BCUT2D eigenvalue weighted by molar-refractivity contribution is -0.176. The Morgan fingerprint density at radius 3 is 2.80 bits per heavy atom. The average molecular weight is 216 g/mol. The fourth-order valence-electron chi connectivity index (χ4n) is 1.79. The number of hydrogen-bond acceptors (Lipinski definition) is 3. The monoisotopic (exact) mass is 216 g/mol. The molecule has 1 aliphatic rings. The molecule has 3 nitrogen and oxygen atoms in total. The molecule has 0 amide bonds. The largest absolute Gasteiger partial charge is 0.396 e. The SMILES string of the molecule is CC(C)(CCCO)COC1CCCCO1. The zero-order valence-corrected chi connectivity index (χ0v) is 10.00. The highest BCUT2D eigenvalue weighted by Crippen LogP contribution is 2.24. The number of aliphatic hydroxyl groups excluding tert-OH is 1. The first kappa shape index (κ1) is 12.9. The maximum absolute atomic E-state index is 8.78. The fraction of sp³-hybridized carbons (Fsp3) is 1.00. The van der Waals surface area contributed by atoms with Crippen LogP contribution in [0.25, 0.3) is 0 Å². The Bertz CT molecular complexity index is 162. The molecule has 90 valence electrons. The van der Waals surface area contributed by atoms with Gasteiger partial charge in [-0.3, -0.25) is 0 Å². The van der Waals surface area contributed by atoms with Gasteiger partial charge in [0.1, 0.15) is 0 Å². The van der Waals surface area contributed by atoms with Gasteiger partial charge in [0.15, 0.2) is 6.29 Å². The average Bonchev–Trinajstić information content (AvgIpc) is 2.25. The first-order chi connectivity index (χ1) is 7.14. The highest BCUT2D eigenvalue weighted by atomic mass is 16.7. The molecule has 15 heavy (non-hydrogen) atoms. The Labute approximate surface area is 92.8 Å². The lowest BCUT2D eigenvalue weighted by Gasteiger charge is -2.29. The molecule has 3 heteroatoms. The van der Waals surface area contributed by atoms with E-state index in [9.17, 15) is 0 Å². The van der Waals surface area contributed by atoms with Crippen molar-refractivity contribution in [3.8, 4) is 0 Å². The van der Waals surface area contributed by atoms with Gasteiger partial charge in [-0.1, -0.05) is 13.8 Å². The van der Waals surface area contributed by atoms with Crippen LogP contribution in [0.3, 0.4) is 0 Å². The van der Waals surface area contributed by atoms with E-state index in [-0.39, 0.29) is 18.3 Å². The van der Waals surface area contributed by atoms with Crippen LogP contribution in [-0.4, -0.2) is 31.2 Å². The maximum atomic E-state index is 8.78. The summed E-state index contributed by atoms with van der Waals surface area (Å²) in [7, 11) is 0. The summed E-state index contributed by atoms with van der Waals surface area (Å²) in [6.45, 7) is 6.17. The van der Waals surface area contributed by atoms with Crippen LogP contribution in [0, 0.1) is 5.41 Å². The number of hydrogen-bond donors (Lipinski definition) is 1. The van der Waals surface area contributed by atoms with Crippen molar-refractivity contribution in [1.29, 1.82) is 0 Å². The van der Waals surface area contributed by atoms with E-state index in [4.69, 9.17) is 14.6 Å². The summed E-state index contributed by atoms with van der Waals surface area (Å²) in [4.78, 5) is 0. The van der Waals surface area contributed by atoms with Crippen LogP contribution in [0.15, 0.2) is 0 Å². The van der Waals surface area contributed by atoms with Gasteiger partial charge < -0.3 is 14.6 Å². The van der Waals surface area contributed by atoms with E-state index in [0.29, 0.717) is 0 Å². The van der Waals surface area contributed by atoms with Gasteiger partial charge in [0, 0.05) is 13.2 Å². The second-order valence-electron chi connectivity index (χ2n) is 5.10. The normalized spacial score (nSPS) is 23.0. The van der Waals surface area contributed by atoms with Gasteiger partial charge in [-0.2, -0.15) is 0 Å². The van der Waals surface area contributed by atoms with Crippen LogP contribution in [0.5, 0.6) is 0 Å². The van der Waals surface area contributed by atoms with Gasteiger partial charge in [0.05, 0.1) is 6.61 Å². The van der Waals surface area contributed by atoms with Crippen molar-refractivity contribution in [2.45, 2.75) is 52.2 Å². The molecule has 0 saturated carbocycles. The molecule has 1 saturated heterocycles. The van der Waals surface area contributed by atoms with Crippen molar-refractivity contribution in [3.05, 3.63) is 0 Å². The first-order valence-electron chi connectivity index (χ1n) is 5.98. The molecule has 1 aliphatic heterocycles. The number of aliphatic hydroxyl groups is 1. The lowest BCUT2D eigenvalue weighted by Crippen LogP contribution is -2.28. The Hall–Kier alpha value is -0.120. The molecule has 1 rings (SSSR count). The zero-order chi connectivity index (χ0) is 11.1. The first-order valence-corrected chi connectivity index (χ1v) is 5.98. The zero-order valence-electron chi connectivity index (χ0n) is 10.00. The minimum atomic E-state index is 0.00662. The van der Waals surface area contributed by atoms with Crippen molar-refractivity contribution >= 4 is 0 Å². The summed E-state index contributed by atoms with van der Waals surface area (Å²) in [5, 5.41) is 8.78. The maximum Gasteiger partial charge on any atom is 0.157 e. The van der Waals surface area contributed by atoms with Crippen LogP contribution in [0.2, 0.25) is 0 Å². The van der Waals surface area contributed by atoms with Crippen LogP contribution in [-0.2, 0) is 9.47 Å². The molecule has 1 unspecified atom stereocenters. The van der Waals surface area contributed by atoms with Gasteiger partial charge in [-0.05, 0) is 37.5 Å². The third-order valence-corrected chi connectivity index (χ3v) is 2.81. The van der Waals surface area contributed by atoms with E-state index >= 15 is 0 Å². The molecule has 1 atom stereocenters. The quantitative estimate of drug-likeness (QED) is 0.740. The van der Waals surface area contributed by atoms with Gasteiger partial charge in [0.25, 0.3) is 0 Å². The summed E-state index contributed by atoms with van der Waals surface area (Å²) in [5.74, 6) is 0. The minimum absolute atomic E-state index is 0.00662. The minimum Gasteiger partial charge on any atom is -0.396 e. The summed E-state index contributed by atoms with van der Waals surface area (Å²) < 4.78 is 11.2. The summed E-state index contributed by atoms with van der Waals surface area (Å²) in [5.41, 5.74) is 0.142. The van der Waals surface area contributed by atoms with E-state index in [1.807, 2.05) is 0 Å². The molecule has 1 heterocycles. The van der Waals surface area contributed by atoms with Crippen molar-refractivity contribution in [1.82, 2.24) is 0 Å². The highest BCUT2D eigenvalue weighted by molar-refractivity contribution is 4.68. The highest BCUT2D eigenvalue weighted by Gasteiger charge is 2.21.